The summed E-state index contributed by atoms with van der Waals surface area (Å²) in [5.74, 6) is 0.0550. The molecule has 1 aromatic rings. The molecule has 6 nitrogen and oxygen atoms in total. The third-order valence-corrected chi connectivity index (χ3v) is 3.75. The Morgan fingerprint density at radius 3 is 2.90 bits per heavy atom. The number of carbonyl (C=O) groups is 2. The molecule has 0 aliphatic carbocycles. The van der Waals surface area contributed by atoms with Gasteiger partial charge in [-0.25, -0.2) is 0 Å². The van der Waals surface area contributed by atoms with Crippen LogP contribution in [-0.4, -0.2) is 39.6 Å². The van der Waals surface area contributed by atoms with Gasteiger partial charge in [-0.2, -0.15) is 5.10 Å². The molecule has 1 aliphatic rings. The van der Waals surface area contributed by atoms with Crippen molar-refractivity contribution in [2.45, 2.75) is 25.8 Å². The minimum absolute atomic E-state index is 0.0789. The third-order valence-electron chi connectivity index (χ3n) is 3.75. The first-order chi connectivity index (χ1) is 10.0. The van der Waals surface area contributed by atoms with Crippen molar-refractivity contribution in [1.29, 1.82) is 0 Å². The lowest BCUT2D eigenvalue weighted by molar-refractivity contribution is -0.137. The highest BCUT2D eigenvalue weighted by molar-refractivity contribution is 5.93. The summed E-state index contributed by atoms with van der Waals surface area (Å²) in [4.78, 5) is 26.2. The SMILES string of the molecule is C=CC(=O)NC(C(=O)N1CCCC(C)C1)c1cnn(C)c1. The molecule has 0 radical (unpaired) electrons. The van der Waals surface area contributed by atoms with Gasteiger partial charge in [-0.3, -0.25) is 14.3 Å². The maximum atomic E-state index is 12.7. The predicted molar refractivity (Wildman–Crippen MR) is 79.3 cm³/mol. The molecular formula is C15H22N4O2. The van der Waals surface area contributed by atoms with Gasteiger partial charge in [0, 0.05) is 31.9 Å². The zero-order valence-electron chi connectivity index (χ0n) is 12.6. The summed E-state index contributed by atoms with van der Waals surface area (Å²) < 4.78 is 1.62. The van der Waals surface area contributed by atoms with Gasteiger partial charge >= 0.3 is 0 Å². The first-order valence-electron chi connectivity index (χ1n) is 7.21. The van der Waals surface area contributed by atoms with Crippen LogP contribution < -0.4 is 5.32 Å². The summed E-state index contributed by atoms with van der Waals surface area (Å²) >= 11 is 0. The molecule has 1 aromatic heterocycles. The average molecular weight is 290 g/mol. The van der Waals surface area contributed by atoms with Crippen molar-refractivity contribution in [3.05, 3.63) is 30.6 Å². The second-order valence-corrected chi connectivity index (χ2v) is 5.62. The monoisotopic (exact) mass is 290 g/mol. The number of nitrogens with zero attached hydrogens (tertiary/aromatic N) is 3. The van der Waals surface area contributed by atoms with E-state index < -0.39 is 6.04 Å². The van der Waals surface area contributed by atoms with Crippen LogP contribution in [0.3, 0.4) is 0 Å². The number of rotatable bonds is 4. The molecule has 2 unspecified atom stereocenters. The number of piperidine rings is 1. The van der Waals surface area contributed by atoms with E-state index in [0.717, 1.165) is 25.9 Å². The number of nitrogens with one attached hydrogen (secondary N) is 1. The molecule has 1 fully saturated rings. The molecule has 6 heteroatoms. The Labute approximate surface area is 124 Å². The van der Waals surface area contributed by atoms with Crippen LogP contribution in [0, 0.1) is 5.92 Å². The van der Waals surface area contributed by atoms with Gasteiger partial charge in [0.2, 0.25) is 11.8 Å². The van der Waals surface area contributed by atoms with Crippen molar-refractivity contribution >= 4 is 11.8 Å². The minimum Gasteiger partial charge on any atom is -0.340 e. The number of aromatic nitrogens is 2. The molecule has 0 aromatic carbocycles. The summed E-state index contributed by atoms with van der Waals surface area (Å²) in [5.41, 5.74) is 0.691. The van der Waals surface area contributed by atoms with Gasteiger partial charge in [0.15, 0.2) is 0 Å². The van der Waals surface area contributed by atoms with E-state index in [9.17, 15) is 9.59 Å². The quantitative estimate of drug-likeness (QED) is 0.842. The number of hydrogen-bond donors (Lipinski definition) is 1. The standard InChI is InChI=1S/C15H22N4O2/c1-4-13(20)17-14(12-8-16-18(3)10-12)15(21)19-7-5-6-11(2)9-19/h4,8,10-11,14H,1,5-7,9H2,2-3H3,(H,17,20). The normalized spacial score (nSPS) is 19.9. The van der Waals surface area contributed by atoms with Crippen LogP contribution in [0.4, 0.5) is 0 Å². The van der Waals surface area contributed by atoms with Crippen molar-refractivity contribution in [3.63, 3.8) is 0 Å². The van der Waals surface area contributed by atoms with E-state index in [1.807, 2.05) is 4.90 Å². The Morgan fingerprint density at radius 2 is 2.33 bits per heavy atom. The van der Waals surface area contributed by atoms with Gasteiger partial charge in [0.05, 0.1) is 6.20 Å². The highest BCUT2D eigenvalue weighted by Crippen LogP contribution is 2.21. The third kappa shape index (κ3) is 3.71. The molecule has 21 heavy (non-hydrogen) atoms. The number of aryl methyl sites for hydroxylation is 1. The Hall–Kier alpha value is -2.11. The van der Waals surface area contributed by atoms with Gasteiger partial charge in [0.1, 0.15) is 6.04 Å². The molecule has 0 bridgehead atoms. The van der Waals surface area contributed by atoms with E-state index in [2.05, 4.69) is 23.9 Å². The van der Waals surface area contributed by atoms with E-state index >= 15 is 0 Å². The Kier molecular flexibility index (Phi) is 4.77. The zero-order chi connectivity index (χ0) is 15.4. The topological polar surface area (TPSA) is 67.2 Å². The smallest absolute Gasteiger partial charge is 0.249 e. The van der Waals surface area contributed by atoms with Gasteiger partial charge in [-0.15, -0.1) is 0 Å². The Bertz CT molecular complexity index is 538. The fraction of sp³-hybridized carbons (Fsp3) is 0.533. The van der Waals surface area contributed by atoms with Gasteiger partial charge in [-0.05, 0) is 24.8 Å². The molecular weight excluding hydrogens is 268 g/mol. The number of likely N-dealkylation sites (tertiary alicyclic amines) is 1. The van der Waals surface area contributed by atoms with Crippen molar-refractivity contribution in [3.8, 4) is 0 Å². The summed E-state index contributed by atoms with van der Waals surface area (Å²) in [5, 5.41) is 6.79. The van der Waals surface area contributed by atoms with E-state index in [0.29, 0.717) is 11.5 Å². The lowest BCUT2D eigenvalue weighted by Crippen LogP contribution is -2.46. The maximum Gasteiger partial charge on any atom is 0.249 e. The van der Waals surface area contributed by atoms with Crippen LogP contribution in [0.15, 0.2) is 25.0 Å². The fourth-order valence-corrected chi connectivity index (χ4v) is 2.65. The molecule has 2 amide bonds. The molecule has 0 saturated carbocycles. The highest BCUT2D eigenvalue weighted by Gasteiger charge is 2.30. The fourth-order valence-electron chi connectivity index (χ4n) is 2.65. The molecule has 1 saturated heterocycles. The predicted octanol–water partition coefficient (Wildman–Crippen LogP) is 1.02. The van der Waals surface area contributed by atoms with Crippen molar-refractivity contribution in [2.24, 2.45) is 13.0 Å². The zero-order valence-corrected chi connectivity index (χ0v) is 12.6. The largest absolute Gasteiger partial charge is 0.340 e. The van der Waals surface area contributed by atoms with Crippen LogP contribution in [0.1, 0.15) is 31.4 Å². The lowest BCUT2D eigenvalue weighted by atomic mass is 9.99. The minimum atomic E-state index is -0.700. The van der Waals surface area contributed by atoms with Gasteiger partial charge < -0.3 is 10.2 Å². The average Bonchev–Trinajstić information content (AvgIpc) is 2.90. The number of amides is 2. The van der Waals surface area contributed by atoms with Crippen molar-refractivity contribution in [2.75, 3.05) is 13.1 Å². The maximum absolute atomic E-state index is 12.7. The Morgan fingerprint density at radius 1 is 1.57 bits per heavy atom. The first kappa shape index (κ1) is 15.3. The second kappa shape index (κ2) is 6.56. The summed E-state index contributed by atoms with van der Waals surface area (Å²) in [6.45, 7) is 7.05. The van der Waals surface area contributed by atoms with Crippen LogP contribution in [0.25, 0.3) is 0 Å². The summed E-state index contributed by atoms with van der Waals surface area (Å²) in [7, 11) is 1.78. The van der Waals surface area contributed by atoms with E-state index in [1.54, 1.807) is 24.1 Å². The van der Waals surface area contributed by atoms with E-state index in [-0.39, 0.29) is 11.8 Å². The van der Waals surface area contributed by atoms with Crippen LogP contribution in [0.2, 0.25) is 0 Å². The molecule has 2 rings (SSSR count). The van der Waals surface area contributed by atoms with Crippen LogP contribution >= 0.6 is 0 Å². The first-order valence-corrected chi connectivity index (χ1v) is 7.21. The van der Waals surface area contributed by atoms with Crippen LogP contribution in [0.5, 0.6) is 0 Å². The number of carbonyl (C=O) groups excluding carboxylic acids is 2. The van der Waals surface area contributed by atoms with E-state index in [4.69, 9.17) is 0 Å². The second-order valence-electron chi connectivity index (χ2n) is 5.62. The molecule has 114 valence electrons. The van der Waals surface area contributed by atoms with Crippen molar-refractivity contribution < 1.29 is 9.59 Å². The molecule has 2 heterocycles. The lowest BCUT2D eigenvalue weighted by Gasteiger charge is -2.33. The van der Waals surface area contributed by atoms with E-state index in [1.165, 1.54) is 6.08 Å². The molecule has 0 spiro atoms. The molecule has 1 N–H and O–H groups in total. The van der Waals surface area contributed by atoms with Gasteiger partial charge in [-0.1, -0.05) is 13.5 Å². The van der Waals surface area contributed by atoms with Crippen molar-refractivity contribution in [1.82, 2.24) is 20.0 Å². The van der Waals surface area contributed by atoms with Gasteiger partial charge in [0.25, 0.3) is 0 Å². The summed E-state index contributed by atoms with van der Waals surface area (Å²) in [6, 6.07) is -0.700. The molecule has 1 aliphatic heterocycles. The van der Waals surface area contributed by atoms with Crippen LogP contribution in [-0.2, 0) is 16.6 Å². The Balaban J connectivity index is 2.19. The number of hydrogen-bond acceptors (Lipinski definition) is 3. The molecule has 2 atom stereocenters. The highest BCUT2D eigenvalue weighted by atomic mass is 16.2. The summed E-state index contributed by atoms with van der Waals surface area (Å²) in [6.07, 6.45) is 6.68.